The van der Waals surface area contributed by atoms with Gasteiger partial charge in [0, 0.05) is 13.1 Å². The molecule has 1 amide bonds. The van der Waals surface area contributed by atoms with Gasteiger partial charge in [-0.1, -0.05) is 13.8 Å². The summed E-state index contributed by atoms with van der Waals surface area (Å²) in [6.07, 6.45) is 2.74. The Hall–Kier alpha value is -1.65. The molecule has 3 nitrogen and oxygen atoms in total. The number of amides is 1. The molecule has 0 saturated carbocycles. The van der Waals surface area contributed by atoms with E-state index >= 15 is 0 Å². The quantitative estimate of drug-likeness (QED) is 0.804. The van der Waals surface area contributed by atoms with Crippen molar-refractivity contribution in [2.75, 3.05) is 18.8 Å². The SMILES string of the molecule is CC1(C)CCCN(C(=O)c2cc(F)cc(N)c2F)CC1. The van der Waals surface area contributed by atoms with Gasteiger partial charge in [0.15, 0.2) is 5.82 Å². The van der Waals surface area contributed by atoms with Gasteiger partial charge < -0.3 is 10.6 Å². The molecule has 0 bridgehead atoms. The lowest BCUT2D eigenvalue weighted by atomic mass is 9.85. The Labute approximate surface area is 117 Å². The number of carbonyl (C=O) groups is 1. The van der Waals surface area contributed by atoms with Gasteiger partial charge in [-0.3, -0.25) is 4.79 Å². The van der Waals surface area contributed by atoms with Crippen LogP contribution in [-0.2, 0) is 0 Å². The minimum absolute atomic E-state index is 0.175. The number of nitrogens with two attached hydrogens (primary N) is 1. The zero-order chi connectivity index (χ0) is 14.9. The predicted molar refractivity (Wildman–Crippen MR) is 74.3 cm³/mol. The lowest BCUT2D eigenvalue weighted by molar-refractivity contribution is 0.0752. The minimum atomic E-state index is -0.833. The Bertz CT molecular complexity index is 529. The largest absolute Gasteiger partial charge is 0.396 e. The van der Waals surface area contributed by atoms with Crippen LogP contribution >= 0.6 is 0 Å². The number of benzene rings is 1. The highest BCUT2D eigenvalue weighted by Crippen LogP contribution is 2.30. The summed E-state index contributed by atoms with van der Waals surface area (Å²) in [4.78, 5) is 13.9. The molecular formula is C15H20F2N2O. The highest BCUT2D eigenvalue weighted by molar-refractivity contribution is 5.95. The van der Waals surface area contributed by atoms with Crippen LogP contribution in [0.15, 0.2) is 12.1 Å². The number of rotatable bonds is 1. The van der Waals surface area contributed by atoms with Crippen LogP contribution in [0, 0.1) is 17.0 Å². The number of likely N-dealkylation sites (tertiary alicyclic amines) is 1. The Morgan fingerprint density at radius 2 is 1.95 bits per heavy atom. The molecule has 20 heavy (non-hydrogen) atoms. The molecule has 1 aliphatic rings. The molecule has 0 aromatic heterocycles. The molecule has 1 aromatic rings. The molecule has 5 heteroatoms. The monoisotopic (exact) mass is 282 g/mol. The second-order valence-electron chi connectivity index (χ2n) is 6.17. The fourth-order valence-corrected chi connectivity index (χ4v) is 2.56. The second-order valence-corrected chi connectivity index (χ2v) is 6.17. The number of nitrogen functional groups attached to an aromatic ring is 1. The van der Waals surface area contributed by atoms with Gasteiger partial charge in [0.1, 0.15) is 5.82 Å². The van der Waals surface area contributed by atoms with Crippen LogP contribution in [0.3, 0.4) is 0 Å². The molecule has 1 fully saturated rings. The molecule has 1 saturated heterocycles. The third kappa shape index (κ3) is 3.08. The Morgan fingerprint density at radius 1 is 1.25 bits per heavy atom. The summed E-state index contributed by atoms with van der Waals surface area (Å²) in [5.74, 6) is -2.01. The minimum Gasteiger partial charge on any atom is -0.396 e. The normalized spacial score (nSPS) is 18.7. The molecule has 1 aliphatic heterocycles. The van der Waals surface area contributed by atoms with Crippen LogP contribution in [0.2, 0.25) is 0 Å². The molecule has 110 valence electrons. The molecule has 0 unspecified atom stereocenters. The number of nitrogens with zero attached hydrogens (tertiary/aromatic N) is 1. The molecular weight excluding hydrogens is 262 g/mol. The van der Waals surface area contributed by atoms with Crippen molar-refractivity contribution in [3.63, 3.8) is 0 Å². The zero-order valence-electron chi connectivity index (χ0n) is 11.9. The van der Waals surface area contributed by atoms with Crippen LogP contribution in [0.25, 0.3) is 0 Å². The van der Waals surface area contributed by atoms with Crippen molar-refractivity contribution >= 4 is 11.6 Å². The van der Waals surface area contributed by atoms with Gasteiger partial charge in [0.05, 0.1) is 11.3 Å². The summed E-state index contributed by atoms with van der Waals surface area (Å²) < 4.78 is 27.2. The lowest BCUT2D eigenvalue weighted by Gasteiger charge is -2.23. The van der Waals surface area contributed by atoms with E-state index in [4.69, 9.17) is 5.73 Å². The number of carbonyl (C=O) groups excluding carboxylic acids is 1. The topological polar surface area (TPSA) is 46.3 Å². The smallest absolute Gasteiger partial charge is 0.257 e. The number of anilines is 1. The fraction of sp³-hybridized carbons (Fsp3) is 0.533. The molecule has 0 radical (unpaired) electrons. The van der Waals surface area contributed by atoms with Gasteiger partial charge >= 0.3 is 0 Å². The first kappa shape index (κ1) is 14.8. The summed E-state index contributed by atoms with van der Waals surface area (Å²) in [7, 11) is 0. The van der Waals surface area contributed by atoms with Crippen molar-refractivity contribution < 1.29 is 13.6 Å². The standard InChI is InChI=1S/C15H20F2N2O/c1-15(2)4-3-6-19(7-5-15)14(20)11-8-10(16)9-12(18)13(11)17/h8-9H,3-7,18H2,1-2H3. The van der Waals surface area contributed by atoms with Crippen LogP contribution < -0.4 is 5.73 Å². The molecule has 0 spiro atoms. The lowest BCUT2D eigenvalue weighted by Crippen LogP contribution is -2.33. The predicted octanol–water partition coefficient (Wildman–Crippen LogP) is 3.20. The summed E-state index contributed by atoms with van der Waals surface area (Å²) in [5, 5.41) is 0. The maximum Gasteiger partial charge on any atom is 0.257 e. The molecule has 2 N–H and O–H groups in total. The average molecular weight is 282 g/mol. The van der Waals surface area contributed by atoms with Gasteiger partial charge in [-0.25, -0.2) is 8.78 Å². The van der Waals surface area contributed by atoms with Crippen molar-refractivity contribution in [3.05, 3.63) is 29.3 Å². The summed E-state index contributed by atoms with van der Waals surface area (Å²) in [6, 6.07) is 1.81. The summed E-state index contributed by atoms with van der Waals surface area (Å²) in [6.45, 7) is 5.43. The van der Waals surface area contributed by atoms with E-state index in [1.807, 2.05) is 0 Å². The zero-order valence-corrected chi connectivity index (χ0v) is 11.9. The highest BCUT2D eigenvalue weighted by Gasteiger charge is 2.27. The first-order valence-corrected chi connectivity index (χ1v) is 6.84. The first-order chi connectivity index (χ1) is 9.30. The van der Waals surface area contributed by atoms with E-state index in [0.29, 0.717) is 13.1 Å². The van der Waals surface area contributed by atoms with Crippen molar-refractivity contribution in [2.45, 2.75) is 33.1 Å². The molecule has 1 aromatic carbocycles. The van der Waals surface area contributed by atoms with E-state index in [-0.39, 0.29) is 16.7 Å². The second kappa shape index (κ2) is 5.38. The molecule has 0 aliphatic carbocycles. The van der Waals surface area contributed by atoms with Gasteiger partial charge in [0.2, 0.25) is 0 Å². The van der Waals surface area contributed by atoms with Gasteiger partial charge in [-0.15, -0.1) is 0 Å². The van der Waals surface area contributed by atoms with Crippen LogP contribution in [0.4, 0.5) is 14.5 Å². The molecule has 1 heterocycles. The van der Waals surface area contributed by atoms with Crippen molar-refractivity contribution in [3.8, 4) is 0 Å². The van der Waals surface area contributed by atoms with Crippen molar-refractivity contribution in [1.82, 2.24) is 4.90 Å². The molecule has 0 atom stereocenters. The fourth-order valence-electron chi connectivity index (χ4n) is 2.56. The van der Waals surface area contributed by atoms with Crippen molar-refractivity contribution in [1.29, 1.82) is 0 Å². The average Bonchev–Trinajstić information content (AvgIpc) is 2.54. The van der Waals surface area contributed by atoms with Gasteiger partial charge in [-0.05, 0) is 36.8 Å². The Kier molecular flexibility index (Phi) is 3.97. The maximum absolute atomic E-state index is 13.9. The van der Waals surface area contributed by atoms with E-state index in [1.165, 1.54) is 0 Å². The Morgan fingerprint density at radius 3 is 2.65 bits per heavy atom. The van der Waals surface area contributed by atoms with Gasteiger partial charge in [0.25, 0.3) is 5.91 Å². The van der Waals surface area contributed by atoms with Gasteiger partial charge in [-0.2, -0.15) is 0 Å². The van der Waals surface area contributed by atoms with Crippen LogP contribution in [0.1, 0.15) is 43.5 Å². The van der Waals surface area contributed by atoms with Crippen molar-refractivity contribution in [2.24, 2.45) is 5.41 Å². The highest BCUT2D eigenvalue weighted by atomic mass is 19.1. The number of halogens is 2. The Balaban J connectivity index is 2.23. The van der Waals surface area contributed by atoms with Crippen LogP contribution in [-0.4, -0.2) is 23.9 Å². The van der Waals surface area contributed by atoms with E-state index in [2.05, 4.69) is 13.8 Å². The van der Waals surface area contributed by atoms with E-state index in [1.54, 1.807) is 4.90 Å². The van der Waals surface area contributed by atoms with E-state index < -0.39 is 17.5 Å². The van der Waals surface area contributed by atoms with Crippen LogP contribution in [0.5, 0.6) is 0 Å². The van der Waals surface area contributed by atoms with E-state index in [9.17, 15) is 13.6 Å². The number of hydrogen-bond acceptors (Lipinski definition) is 2. The maximum atomic E-state index is 13.9. The number of hydrogen-bond donors (Lipinski definition) is 1. The molecule has 2 rings (SSSR count). The summed E-state index contributed by atoms with van der Waals surface area (Å²) >= 11 is 0. The third-order valence-electron chi connectivity index (χ3n) is 3.92. The van der Waals surface area contributed by atoms with E-state index in [0.717, 1.165) is 31.4 Å². The summed E-state index contributed by atoms with van der Waals surface area (Å²) in [5.41, 5.74) is 4.95. The third-order valence-corrected chi connectivity index (χ3v) is 3.92. The first-order valence-electron chi connectivity index (χ1n) is 6.84.